The standard InChI is InChI=1S/C21H21N5O6/c1-14-6-7-19(18(10-14)25(28)29)32-13-16-4-3-5-17(12-16)21(27)22-8-9-24-15(2)11-20(23-24)26(30)31/h3-7,10-12H,8-9,13H2,1-2H3,(H,22,27). The van der Waals surface area contributed by atoms with Crippen LogP contribution in [0.5, 0.6) is 5.75 Å². The summed E-state index contributed by atoms with van der Waals surface area (Å²) in [4.78, 5) is 33.4. The fraction of sp³-hybridized carbons (Fsp3) is 0.238. The Morgan fingerprint density at radius 1 is 1.09 bits per heavy atom. The summed E-state index contributed by atoms with van der Waals surface area (Å²) in [6, 6.07) is 12.8. The van der Waals surface area contributed by atoms with E-state index in [-0.39, 0.29) is 42.9 Å². The molecule has 0 bridgehead atoms. The van der Waals surface area contributed by atoms with Gasteiger partial charge in [-0.05, 0) is 48.1 Å². The Labute approximate surface area is 182 Å². The van der Waals surface area contributed by atoms with Gasteiger partial charge in [0.25, 0.3) is 5.91 Å². The second-order valence-electron chi connectivity index (χ2n) is 7.10. The van der Waals surface area contributed by atoms with Crippen LogP contribution in [0.15, 0.2) is 48.5 Å². The number of nitro benzene ring substituents is 1. The molecule has 1 aromatic heterocycles. The number of hydrogen-bond acceptors (Lipinski definition) is 7. The maximum atomic E-state index is 12.5. The number of ether oxygens (including phenoxy) is 1. The van der Waals surface area contributed by atoms with Crippen LogP contribution < -0.4 is 10.1 Å². The van der Waals surface area contributed by atoms with Gasteiger partial charge in [0.1, 0.15) is 6.61 Å². The van der Waals surface area contributed by atoms with Crippen LogP contribution in [0.2, 0.25) is 0 Å². The Hall–Kier alpha value is -4.28. The minimum Gasteiger partial charge on any atom is -0.482 e. The monoisotopic (exact) mass is 439 g/mol. The smallest absolute Gasteiger partial charge is 0.390 e. The summed E-state index contributed by atoms with van der Waals surface area (Å²) in [7, 11) is 0. The van der Waals surface area contributed by atoms with Crippen molar-refractivity contribution in [2.24, 2.45) is 0 Å². The maximum absolute atomic E-state index is 12.5. The molecule has 0 fully saturated rings. The average Bonchev–Trinajstić information content (AvgIpc) is 3.13. The summed E-state index contributed by atoms with van der Waals surface area (Å²) >= 11 is 0. The zero-order valence-corrected chi connectivity index (χ0v) is 17.5. The topological polar surface area (TPSA) is 142 Å². The number of aryl methyl sites for hydroxylation is 2. The highest BCUT2D eigenvalue weighted by Gasteiger charge is 2.17. The number of hydrogen-bond donors (Lipinski definition) is 1. The molecule has 1 N–H and O–H groups in total. The zero-order valence-electron chi connectivity index (χ0n) is 17.5. The number of nitrogens with zero attached hydrogens (tertiary/aromatic N) is 4. The Bertz CT molecular complexity index is 1170. The molecule has 1 heterocycles. The van der Waals surface area contributed by atoms with Crippen molar-refractivity contribution < 1.29 is 19.4 Å². The quantitative estimate of drug-likeness (QED) is 0.398. The van der Waals surface area contributed by atoms with Crippen LogP contribution in [0.25, 0.3) is 0 Å². The van der Waals surface area contributed by atoms with E-state index >= 15 is 0 Å². The van der Waals surface area contributed by atoms with Crippen LogP contribution in [0.1, 0.15) is 27.2 Å². The number of benzene rings is 2. The van der Waals surface area contributed by atoms with E-state index in [1.165, 1.54) is 16.8 Å². The van der Waals surface area contributed by atoms with Gasteiger partial charge in [-0.3, -0.25) is 14.9 Å². The number of nitro groups is 2. The predicted octanol–water partition coefficient (Wildman–Crippen LogP) is 3.33. The molecule has 0 atom stereocenters. The van der Waals surface area contributed by atoms with Crippen molar-refractivity contribution in [3.05, 3.63) is 91.1 Å². The summed E-state index contributed by atoms with van der Waals surface area (Å²) in [6.45, 7) is 4.03. The minimum absolute atomic E-state index is 0.0567. The van der Waals surface area contributed by atoms with Gasteiger partial charge < -0.3 is 20.2 Å². The number of carbonyl (C=O) groups excluding carboxylic acids is 1. The normalized spacial score (nSPS) is 10.6. The van der Waals surface area contributed by atoms with Crippen molar-refractivity contribution in [1.82, 2.24) is 15.1 Å². The molecule has 11 nitrogen and oxygen atoms in total. The number of carbonyl (C=O) groups is 1. The third-order valence-electron chi connectivity index (χ3n) is 4.66. The fourth-order valence-electron chi connectivity index (χ4n) is 3.04. The SMILES string of the molecule is Cc1ccc(OCc2cccc(C(=O)NCCn3nc([N+](=O)[O-])cc3C)c2)c([N+](=O)[O-])c1. The largest absolute Gasteiger partial charge is 0.482 e. The Kier molecular flexibility index (Phi) is 6.78. The second kappa shape index (κ2) is 9.69. The van der Waals surface area contributed by atoms with E-state index in [1.807, 2.05) is 0 Å². The molecule has 0 unspecified atom stereocenters. The molecule has 0 spiro atoms. The molecule has 11 heteroatoms. The summed E-state index contributed by atoms with van der Waals surface area (Å²) in [5, 5.41) is 28.6. The highest BCUT2D eigenvalue weighted by Crippen LogP contribution is 2.28. The average molecular weight is 439 g/mol. The van der Waals surface area contributed by atoms with E-state index in [0.717, 1.165) is 5.56 Å². The molecular weight excluding hydrogens is 418 g/mol. The Balaban J connectivity index is 1.59. The third kappa shape index (κ3) is 5.45. The molecule has 0 aliphatic rings. The highest BCUT2D eigenvalue weighted by atomic mass is 16.6. The summed E-state index contributed by atoms with van der Waals surface area (Å²) in [5.41, 5.74) is 2.32. The molecule has 0 radical (unpaired) electrons. The van der Waals surface area contributed by atoms with Gasteiger partial charge in [-0.2, -0.15) is 4.68 Å². The van der Waals surface area contributed by atoms with Crippen molar-refractivity contribution >= 4 is 17.4 Å². The lowest BCUT2D eigenvalue weighted by atomic mass is 10.1. The molecule has 0 aliphatic heterocycles. The Morgan fingerprint density at radius 2 is 1.88 bits per heavy atom. The van der Waals surface area contributed by atoms with Gasteiger partial charge >= 0.3 is 11.5 Å². The van der Waals surface area contributed by atoms with Crippen LogP contribution in [-0.2, 0) is 13.2 Å². The van der Waals surface area contributed by atoms with Gasteiger partial charge in [-0.25, -0.2) is 0 Å². The van der Waals surface area contributed by atoms with E-state index in [0.29, 0.717) is 16.8 Å². The van der Waals surface area contributed by atoms with E-state index in [1.54, 1.807) is 50.2 Å². The van der Waals surface area contributed by atoms with Gasteiger partial charge in [0.05, 0.1) is 28.3 Å². The molecule has 3 rings (SSSR count). The van der Waals surface area contributed by atoms with Crippen molar-refractivity contribution in [2.75, 3.05) is 6.54 Å². The molecule has 166 valence electrons. The molecule has 0 saturated carbocycles. The third-order valence-corrected chi connectivity index (χ3v) is 4.66. The van der Waals surface area contributed by atoms with E-state index in [9.17, 15) is 25.0 Å². The second-order valence-corrected chi connectivity index (χ2v) is 7.10. The van der Waals surface area contributed by atoms with Crippen molar-refractivity contribution in [1.29, 1.82) is 0 Å². The number of aromatic nitrogens is 2. The highest BCUT2D eigenvalue weighted by molar-refractivity contribution is 5.94. The molecule has 0 saturated heterocycles. The van der Waals surface area contributed by atoms with Crippen LogP contribution in [-0.4, -0.2) is 32.1 Å². The number of amides is 1. The minimum atomic E-state index is -0.569. The van der Waals surface area contributed by atoms with E-state index in [4.69, 9.17) is 4.74 Å². The van der Waals surface area contributed by atoms with Gasteiger partial charge in [0.15, 0.2) is 5.75 Å². The Morgan fingerprint density at radius 3 is 2.56 bits per heavy atom. The molecule has 1 amide bonds. The lowest BCUT2D eigenvalue weighted by Crippen LogP contribution is -2.27. The van der Waals surface area contributed by atoms with Crippen molar-refractivity contribution in [3.63, 3.8) is 0 Å². The molecular formula is C21H21N5O6. The van der Waals surface area contributed by atoms with Crippen LogP contribution >= 0.6 is 0 Å². The lowest BCUT2D eigenvalue weighted by molar-refractivity contribution is -0.389. The first-order valence-electron chi connectivity index (χ1n) is 9.68. The van der Waals surface area contributed by atoms with E-state index < -0.39 is 9.85 Å². The first-order valence-corrected chi connectivity index (χ1v) is 9.68. The van der Waals surface area contributed by atoms with Gasteiger partial charge in [-0.15, -0.1) is 0 Å². The molecule has 0 aliphatic carbocycles. The van der Waals surface area contributed by atoms with Crippen LogP contribution in [0, 0.1) is 34.1 Å². The lowest BCUT2D eigenvalue weighted by Gasteiger charge is -2.09. The predicted molar refractivity (Wildman–Crippen MR) is 115 cm³/mol. The maximum Gasteiger partial charge on any atom is 0.390 e. The van der Waals surface area contributed by atoms with Crippen LogP contribution in [0.4, 0.5) is 11.5 Å². The number of rotatable bonds is 9. The molecule has 2 aromatic carbocycles. The summed E-state index contributed by atoms with van der Waals surface area (Å²) in [5.74, 6) is -0.415. The summed E-state index contributed by atoms with van der Waals surface area (Å²) in [6.07, 6.45) is 0. The molecule has 32 heavy (non-hydrogen) atoms. The number of nitrogens with one attached hydrogen (secondary N) is 1. The zero-order chi connectivity index (χ0) is 23.3. The van der Waals surface area contributed by atoms with Gasteiger partial charge in [0.2, 0.25) is 0 Å². The van der Waals surface area contributed by atoms with Crippen molar-refractivity contribution in [3.8, 4) is 5.75 Å². The van der Waals surface area contributed by atoms with Gasteiger partial charge in [0, 0.05) is 18.2 Å². The molecule has 3 aromatic rings. The van der Waals surface area contributed by atoms with Gasteiger partial charge in [-0.1, -0.05) is 18.2 Å². The first kappa shape index (κ1) is 22.4. The van der Waals surface area contributed by atoms with Crippen LogP contribution in [0.3, 0.4) is 0 Å². The van der Waals surface area contributed by atoms with E-state index in [2.05, 4.69) is 10.4 Å². The van der Waals surface area contributed by atoms with Crippen molar-refractivity contribution in [2.45, 2.75) is 27.0 Å². The summed E-state index contributed by atoms with van der Waals surface area (Å²) < 4.78 is 7.06. The first-order chi connectivity index (χ1) is 15.2. The fourth-order valence-corrected chi connectivity index (χ4v) is 3.04.